The average Bonchev–Trinajstić information content (AvgIpc) is 2.60. The lowest BCUT2D eigenvalue weighted by Crippen LogP contribution is -2.47. The van der Waals surface area contributed by atoms with E-state index in [4.69, 9.17) is 9.47 Å². The maximum atomic E-state index is 11.9. The molecular weight excluding hydrogens is 435 g/mol. The van der Waals surface area contributed by atoms with Gasteiger partial charge >= 0.3 is 0 Å². The molecule has 0 fully saturated rings. The lowest BCUT2D eigenvalue weighted by atomic mass is 10.1. The molecule has 0 aliphatic rings. The lowest BCUT2D eigenvalue weighted by molar-refractivity contribution is -0.120. The van der Waals surface area contributed by atoms with Crippen LogP contribution in [-0.4, -0.2) is 51.8 Å². The normalized spacial score (nSPS) is 11.3. The first-order valence-electron chi connectivity index (χ1n) is 7.79. The zero-order valence-corrected chi connectivity index (χ0v) is 17.8. The van der Waals surface area contributed by atoms with Crippen molar-refractivity contribution in [1.29, 1.82) is 0 Å². The van der Waals surface area contributed by atoms with Gasteiger partial charge in [0.05, 0.1) is 19.3 Å². The first-order chi connectivity index (χ1) is 11.4. The van der Waals surface area contributed by atoms with Gasteiger partial charge in [0.2, 0.25) is 5.91 Å². The van der Waals surface area contributed by atoms with Gasteiger partial charge in [-0.1, -0.05) is 12.1 Å². The van der Waals surface area contributed by atoms with Crippen LogP contribution in [0, 0.1) is 0 Å². The molecular formula is C17H29IN4O3. The third kappa shape index (κ3) is 9.49. The van der Waals surface area contributed by atoms with Gasteiger partial charge in [-0.05, 0) is 31.5 Å². The molecule has 0 aliphatic carbocycles. The smallest absolute Gasteiger partial charge is 0.239 e. The van der Waals surface area contributed by atoms with Crippen LogP contribution in [0.2, 0.25) is 0 Å². The van der Waals surface area contributed by atoms with Crippen molar-refractivity contribution in [2.75, 3.05) is 34.4 Å². The van der Waals surface area contributed by atoms with Gasteiger partial charge in [-0.25, -0.2) is 0 Å². The Morgan fingerprint density at radius 1 is 1.12 bits per heavy atom. The second-order valence-electron chi connectivity index (χ2n) is 5.87. The quantitative estimate of drug-likeness (QED) is 0.309. The van der Waals surface area contributed by atoms with Crippen molar-refractivity contribution in [1.82, 2.24) is 16.0 Å². The number of guanidine groups is 1. The Morgan fingerprint density at radius 2 is 1.76 bits per heavy atom. The van der Waals surface area contributed by atoms with E-state index in [2.05, 4.69) is 20.9 Å². The number of methoxy groups -OCH3 is 2. The van der Waals surface area contributed by atoms with Gasteiger partial charge in [0.1, 0.15) is 5.75 Å². The number of aliphatic imine (C=N–C) groups is 1. The molecule has 142 valence electrons. The van der Waals surface area contributed by atoms with Crippen LogP contribution in [0.4, 0.5) is 0 Å². The fourth-order valence-electron chi connectivity index (χ4n) is 1.76. The van der Waals surface area contributed by atoms with Crippen molar-refractivity contribution in [3.63, 3.8) is 0 Å². The molecule has 0 aliphatic heterocycles. The number of nitrogens with zero attached hydrogens (tertiary/aromatic N) is 1. The Balaban J connectivity index is 0.00000576. The van der Waals surface area contributed by atoms with Crippen LogP contribution < -0.4 is 20.7 Å². The van der Waals surface area contributed by atoms with E-state index in [9.17, 15) is 4.79 Å². The number of ether oxygens (including phenoxy) is 2. The molecule has 3 N–H and O–H groups in total. The Labute approximate surface area is 167 Å². The number of carbonyl (C=O) groups is 1. The number of hydrogen-bond acceptors (Lipinski definition) is 4. The summed E-state index contributed by atoms with van der Waals surface area (Å²) in [5.74, 6) is 1.24. The maximum Gasteiger partial charge on any atom is 0.239 e. The molecule has 0 saturated heterocycles. The van der Waals surface area contributed by atoms with Crippen LogP contribution in [0.1, 0.15) is 19.4 Å². The minimum atomic E-state index is -0.311. The molecule has 0 aromatic heterocycles. The highest BCUT2D eigenvalue weighted by Gasteiger charge is 2.16. The zero-order valence-electron chi connectivity index (χ0n) is 15.5. The topological polar surface area (TPSA) is 84.0 Å². The molecule has 0 saturated carbocycles. The third-order valence-corrected chi connectivity index (χ3v) is 3.52. The second-order valence-corrected chi connectivity index (χ2v) is 5.87. The van der Waals surface area contributed by atoms with E-state index in [1.807, 2.05) is 38.1 Å². The van der Waals surface area contributed by atoms with Crippen molar-refractivity contribution < 1.29 is 14.3 Å². The number of amides is 1. The number of rotatable bonds is 8. The van der Waals surface area contributed by atoms with Gasteiger partial charge in [0, 0.05) is 27.2 Å². The zero-order chi connectivity index (χ0) is 18.0. The predicted octanol–water partition coefficient (Wildman–Crippen LogP) is 1.52. The Morgan fingerprint density at radius 3 is 2.28 bits per heavy atom. The van der Waals surface area contributed by atoms with Crippen LogP contribution in [0.25, 0.3) is 0 Å². The first-order valence-corrected chi connectivity index (χ1v) is 7.79. The van der Waals surface area contributed by atoms with E-state index in [0.717, 1.165) is 11.3 Å². The molecule has 0 unspecified atom stereocenters. The number of carbonyl (C=O) groups excluding carboxylic acids is 1. The summed E-state index contributed by atoms with van der Waals surface area (Å²) >= 11 is 0. The fourth-order valence-corrected chi connectivity index (χ4v) is 1.76. The predicted molar refractivity (Wildman–Crippen MR) is 111 cm³/mol. The monoisotopic (exact) mass is 464 g/mol. The number of benzene rings is 1. The van der Waals surface area contributed by atoms with Crippen LogP contribution >= 0.6 is 24.0 Å². The molecule has 0 heterocycles. The second kappa shape index (κ2) is 11.9. The van der Waals surface area contributed by atoms with Gasteiger partial charge in [-0.2, -0.15) is 0 Å². The lowest BCUT2D eigenvalue weighted by Gasteiger charge is -2.24. The van der Waals surface area contributed by atoms with Crippen LogP contribution in [0.5, 0.6) is 5.75 Å². The summed E-state index contributed by atoms with van der Waals surface area (Å²) in [6.45, 7) is 5.12. The molecule has 1 aromatic rings. The van der Waals surface area contributed by atoms with Gasteiger partial charge in [-0.3, -0.25) is 9.79 Å². The van der Waals surface area contributed by atoms with E-state index in [1.165, 1.54) is 0 Å². The average molecular weight is 464 g/mol. The third-order valence-electron chi connectivity index (χ3n) is 3.52. The highest BCUT2D eigenvalue weighted by Crippen LogP contribution is 2.10. The number of halogens is 1. The van der Waals surface area contributed by atoms with E-state index >= 15 is 0 Å². The molecule has 0 bridgehead atoms. The van der Waals surface area contributed by atoms with Crippen molar-refractivity contribution >= 4 is 35.8 Å². The fraction of sp³-hybridized carbons (Fsp3) is 0.529. The summed E-state index contributed by atoms with van der Waals surface area (Å²) < 4.78 is 10.4. The van der Waals surface area contributed by atoms with E-state index < -0.39 is 0 Å². The van der Waals surface area contributed by atoms with Crippen LogP contribution in [-0.2, 0) is 16.1 Å². The standard InChI is InChI=1S/C17H28N4O3.HI/c1-17(2,24-5)12-21-16(18-3)20-11-15(22)19-10-13-6-8-14(23-4)9-7-13;/h6-9H,10-12H2,1-5H3,(H,19,22)(H2,18,20,21);1H. The van der Waals surface area contributed by atoms with Crippen LogP contribution in [0.3, 0.4) is 0 Å². The van der Waals surface area contributed by atoms with E-state index in [-0.39, 0.29) is 42.0 Å². The van der Waals surface area contributed by atoms with Crippen molar-refractivity contribution in [3.05, 3.63) is 29.8 Å². The maximum absolute atomic E-state index is 11.9. The molecule has 1 amide bonds. The van der Waals surface area contributed by atoms with E-state index in [0.29, 0.717) is 19.0 Å². The molecule has 8 heteroatoms. The SMILES string of the molecule is CN=C(NCC(=O)NCc1ccc(OC)cc1)NCC(C)(C)OC.I. The van der Waals surface area contributed by atoms with E-state index in [1.54, 1.807) is 21.3 Å². The summed E-state index contributed by atoms with van der Waals surface area (Å²) in [6.07, 6.45) is 0. The highest BCUT2D eigenvalue weighted by molar-refractivity contribution is 14.0. The van der Waals surface area contributed by atoms with Crippen molar-refractivity contribution in [2.24, 2.45) is 4.99 Å². The Hall–Kier alpha value is -1.55. The summed E-state index contributed by atoms with van der Waals surface area (Å²) in [5, 5.41) is 8.94. The van der Waals surface area contributed by atoms with Crippen molar-refractivity contribution in [2.45, 2.75) is 26.0 Å². The Bertz CT molecular complexity index is 547. The molecule has 7 nitrogen and oxygen atoms in total. The molecule has 0 atom stereocenters. The Kier molecular flexibility index (Phi) is 11.2. The summed E-state index contributed by atoms with van der Waals surface area (Å²) in [7, 11) is 4.94. The summed E-state index contributed by atoms with van der Waals surface area (Å²) in [5.41, 5.74) is 0.697. The van der Waals surface area contributed by atoms with Gasteiger partial charge in [0.25, 0.3) is 0 Å². The first kappa shape index (κ1) is 23.4. The molecule has 0 radical (unpaired) electrons. The van der Waals surface area contributed by atoms with Gasteiger partial charge in [0.15, 0.2) is 5.96 Å². The van der Waals surface area contributed by atoms with Gasteiger partial charge in [-0.15, -0.1) is 24.0 Å². The molecule has 1 rings (SSSR count). The minimum Gasteiger partial charge on any atom is -0.497 e. The molecule has 0 spiro atoms. The summed E-state index contributed by atoms with van der Waals surface area (Å²) in [6, 6.07) is 7.56. The minimum absolute atomic E-state index is 0. The highest BCUT2D eigenvalue weighted by atomic mass is 127. The van der Waals surface area contributed by atoms with Gasteiger partial charge < -0.3 is 25.4 Å². The summed E-state index contributed by atoms with van der Waals surface area (Å²) in [4.78, 5) is 16.0. The number of hydrogen-bond donors (Lipinski definition) is 3. The van der Waals surface area contributed by atoms with Crippen molar-refractivity contribution in [3.8, 4) is 5.75 Å². The van der Waals surface area contributed by atoms with Crippen LogP contribution in [0.15, 0.2) is 29.3 Å². The largest absolute Gasteiger partial charge is 0.497 e. The molecule has 25 heavy (non-hydrogen) atoms. The number of nitrogens with one attached hydrogen (secondary N) is 3. The molecule has 1 aromatic carbocycles.